The predicted octanol–water partition coefficient (Wildman–Crippen LogP) is 4.47. The van der Waals surface area contributed by atoms with Gasteiger partial charge >= 0.3 is 0 Å². The maximum absolute atomic E-state index is 10.9. The van der Waals surface area contributed by atoms with Crippen molar-refractivity contribution < 1.29 is 13.9 Å². The van der Waals surface area contributed by atoms with Crippen LogP contribution in [0.4, 0.5) is 0 Å². The van der Waals surface area contributed by atoms with Crippen LogP contribution in [0.25, 0.3) is 33.3 Å². The molecule has 0 N–H and O–H groups in total. The Morgan fingerprint density at radius 3 is 2.61 bits per heavy atom. The van der Waals surface area contributed by atoms with Gasteiger partial charge in [-0.05, 0) is 47.9 Å². The van der Waals surface area contributed by atoms with Crippen LogP contribution in [0.15, 0.2) is 59.0 Å². The topological polar surface area (TPSA) is 52.3 Å². The molecule has 112 valence electrons. The van der Waals surface area contributed by atoms with Crippen LogP contribution in [0.5, 0.6) is 5.75 Å². The highest BCUT2D eigenvalue weighted by Gasteiger charge is 2.11. The lowest BCUT2D eigenvalue weighted by atomic mass is 10.1. The standard InChI is InChI=1S/C19H13NO3/c1-22-15-6-3-13(4-7-15)19-20-17-9-5-14-10-12(11-21)2-8-16(14)18(17)23-19/h2-11H,1H3. The molecule has 0 radical (unpaired) electrons. The van der Waals surface area contributed by atoms with E-state index in [4.69, 9.17) is 9.15 Å². The monoisotopic (exact) mass is 303 g/mol. The first-order valence-electron chi connectivity index (χ1n) is 7.21. The van der Waals surface area contributed by atoms with Crippen molar-refractivity contribution in [2.75, 3.05) is 7.11 Å². The second-order valence-corrected chi connectivity index (χ2v) is 5.26. The highest BCUT2D eigenvalue weighted by molar-refractivity contribution is 6.04. The molecule has 0 spiro atoms. The van der Waals surface area contributed by atoms with Gasteiger partial charge in [-0.15, -0.1) is 0 Å². The van der Waals surface area contributed by atoms with Gasteiger partial charge < -0.3 is 9.15 Å². The van der Waals surface area contributed by atoms with Gasteiger partial charge in [0.05, 0.1) is 7.11 Å². The highest BCUT2D eigenvalue weighted by atomic mass is 16.5. The molecule has 0 amide bonds. The third-order valence-corrected chi connectivity index (χ3v) is 3.87. The Kier molecular flexibility index (Phi) is 3.08. The fraction of sp³-hybridized carbons (Fsp3) is 0.0526. The fourth-order valence-corrected chi connectivity index (χ4v) is 2.66. The van der Waals surface area contributed by atoms with Crippen molar-refractivity contribution in [2.45, 2.75) is 0 Å². The van der Waals surface area contributed by atoms with E-state index in [1.165, 1.54) is 0 Å². The average molecular weight is 303 g/mol. The van der Waals surface area contributed by atoms with E-state index in [9.17, 15) is 4.79 Å². The molecule has 3 aromatic carbocycles. The van der Waals surface area contributed by atoms with E-state index < -0.39 is 0 Å². The number of benzene rings is 3. The Labute approximate surface area is 132 Å². The van der Waals surface area contributed by atoms with E-state index in [1.54, 1.807) is 13.2 Å². The zero-order valence-electron chi connectivity index (χ0n) is 12.4. The van der Waals surface area contributed by atoms with Crippen LogP contribution in [0.3, 0.4) is 0 Å². The molecule has 4 aromatic rings. The molecule has 1 aromatic heterocycles. The zero-order valence-corrected chi connectivity index (χ0v) is 12.4. The van der Waals surface area contributed by atoms with Gasteiger partial charge in [-0.3, -0.25) is 4.79 Å². The lowest BCUT2D eigenvalue weighted by molar-refractivity contribution is 0.112. The number of methoxy groups -OCH3 is 1. The first-order valence-corrected chi connectivity index (χ1v) is 7.21. The number of hydrogen-bond acceptors (Lipinski definition) is 4. The van der Waals surface area contributed by atoms with Crippen LogP contribution >= 0.6 is 0 Å². The Bertz CT molecular complexity index is 1020. The van der Waals surface area contributed by atoms with Crippen molar-refractivity contribution in [2.24, 2.45) is 0 Å². The molecule has 0 aliphatic heterocycles. The van der Waals surface area contributed by atoms with Crippen molar-refractivity contribution in [3.8, 4) is 17.2 Å². The second-order valence-electron chi connectivity index (χ2n) is 5.26. The van der Waals surface area contributed by atoms with Crippen molar-refractivity contribution >= 4 is 28.2 Å². The number of rotatable bonds is 3. The summed E-state index contributed by atoms with van der Waals surface area (Å²) in [6.07, 6.45) is 0.840. The van der Waals surface area contributed by atoms with Gasteiger partial charge in [0.25, 0.3) is 0 Å². The number of oxazole rings is 1. The summed E-state index contributed by atoms with van der Waals surface area (Å²) in [6, 6.07) is 16.9. The minimum atomic E-state index is 0.564. The molecule has 1 heterocycles. The summed E-state index contributed by atoms with van der Waals surface area (Å²) >= 11 is 0. The minimum Gasteiger partial charge on any atom is -0.497 e. The molecule has 0 aliphatic rings. The molecule has 4 heteroatoms. The van der Waals surface area contributed by atoms with Crippen LogP contribution in [0.1, 0.15) is 10.4 Å². The third-order valence-electron chi connectivity index (χ3n) is 3.87. The van der Waals surface area contributed by atoms with Gasteiger partial charge in [0.2, 0.25) is 5.89 Å². The predicted molar refractivity (Wildman–Crippen MR) is 88.9 cm³/mol. The second kappa shape index (κ2) is 5.25. The normalized spacial score (nSPS) is 11.0. The number of fused-ring (bicyclic) bond motifs is 3. The SMILES string of the molecule is COc1ccc(-c2nc3ccc4cc(C=O)ccc4c3o2)cc1. The van der Waals surface area contributed by atoms with Crippen molar-refractivity contribution in [1.29, 1.82) is 0 Å². The third kappa shape index (κ3) is 2.25. The summed E-state index contributed by atoms with van der Waals surface area (Å²) in [4.78, 5) is 15.5. The Hall–Kier alpha value is -3.14. The molecule has 0 aliphatic carbocycles. The lowest BCUT2D eigenvalue weighted by Crippen LogP contribution is -1.82. The molecule has 0 fully saturated rings. The van der Waals surface area contributed by atoms with Gasteiger partial charge in [-0.1, -0.05) is 12.1 Å². The van der Waals surface area contributed by atoms with E-state index in [-0.39, 0.29) is 0 Å². The number of aldehydes is 1. The molecule has 0 unspecified atom stereocenters. The van der Waals surface area contributed by atoms with Crippen LogP contribution in [0, 0.1) is 0 Å². The number of carbonyl (C=O) groups is 1. The van der Waals surface area contributed by atoms with Crippen molar-refractivity contribution in [1.82, 2.24) is 4.98 Å². The van der Waals surface area contributed by atoms with E-state index in [0.717, 1.165) is 39.5 Å². The van der Waals surface area contributed by atoms with Gasteiger partial charge in [0.15, 0.2) is 5.58 Å². The largest absolute Gasteiger partial charge is 0.497 e. The molecule has 0 saturated heterocycles. The number of carbonyl (C=O) groups excluding carboxylic acids is 1. The van der Waals surface area contributed by atoms with Gasteiger partial charge in [0.1, 0.15) is 17.6 Å². The number of ether oxygens (including phenoxy) is 1. The van der Waals surface area contributed by atoms with Gasteiger partial charge in [-0.25, -0.2) is 4.98 Å². The Morgan fingerprint density at radius 2 is 1.87 bits per heavy atom. The van der Waals surface area contributed by atoms with Crippen LogP contribution in [-0.2, 0) is 0 Å². The van der Waals surface area contributed by atoms with Crippen molar-refractivity contribution in [3.05, 3.63) is 60.2 Å². The summed E-state index contributed by atoms with van der Waals surface area (Å²) in [5.41, 5.74) is 3.05. The molecule has 0 saturated carbocycles. The van der Waals surface area contributed by atoms with E-state index in [1.807, 2.05) is 48.5 Å². The molecular formula is C19H13NO3. The molecule has 0 bridgehead atoms. The van der Waals surface area contributed by atoms with Crippen LogP contribution in [-0.4, -0.2) is 18.4 Å². The number of aromatic nitrogens is 1. The summed E-state index contributed by atoms with van der Waals surface area (Å²) in [6.45, 7) is 0. The van der Waals surface area contributed by atoms with Crippen LogP contribution in [0.2, 0.25) is 0 Å². The number of hydrogen-bond donors (Lipinski definition) is 0. The summed E-state index contributed by atoms with van der Waals surface area (Å²) in [5, 5.41) is 1.90. The van der Waals surface area contributed by atoms with Crippen LogP contribution < -0.4 is 4.74 Å². The van der Waals surface area contributed by atoms with E-state index >= 15 is 0 Å². The first-order chi connectivity index (χ1) is 11.3. The highest BCUT2D eigenvalue weighted by Crippen LogP contribution is 2.31. The maximum Gasteiger partial charge on any atom is 0.227 e. The smallest absolute Gasteiger partial charge is 0.227 e. The summed E-state index contributed by atoms with van der Waals surface area (Å²) in [7, 11) is 1.63. The molecule has 4 rings (SSSR count). The number of nitrogens with zero attached hydrogens (tertiary/aromatic N) is 1. The first kappa shape index (κ1) is 13.5. The van der Waals surface area contributed by atoms with Gasteiger partial charge in [0, 0.05) is 16.5 Å². The van der Waals surface area contributed by atoms with E-state index in [2.05, 4.69) is 4.98 Å². The molecule has 0 atom stereocenters. The quantitative estimate of drug-likeness (QED) is 0.524. The lowest BCUT2D eigenvalue weighted by Gasteiger charge is -2.00. The van der Waals surface area contributed by atoms with Gasteiger partial charge in [-0.2, -0.15) is 0 Å². The zero-order chi connectivity index (χ0) is 15.8. The van der Waals surface area contributed by atoms with E-state index in [0.29, 0.717) is 11.5 Å². The molecular weight excluding hydrogens is 290 g/mol. The Morgan fingerprint density at radius 1 is 1.04 bits per heavy atom. The fourth-order valence-electron chi connectivity index (χ4n) is 2.66. The average Bonchev–Trinajstić information content (AvgIpc) is 3.06. The minimum absolute atomic E-state index is 0.564. The summed E-state index contributed by atoms with van der Waals surface area (Å²) in [5.74, 6) is 1.35. The summed E-state index contributed by atoms with van der Waals surface area (Å²) < 4.78 is 11.1. The van der Waals surface area contributed by atoms with Crippen molar-refractivity contribution in [3.63, 3.8) is 0 Å². The Balaban J connectivity index is 1.89. The molecule has 23 heavy (non-hydrogen) atoms. The maximum atomic E-state index is 10.9. The molecule has 4 nitrogen and oxygen atoms in total.